The average Bonchev–Trinajstić information content (AvgIpc) is 2.65. The van der Waals surface area contributed by atoms with Crippen molar-refractivity contribution < 1.29 is 24.3 Å². The number of aliphatic carboxylic acids is 1. The molecule has 102 valence electrons. The second kappa shape index (κ2) is 4.60. The molecule has 0 spiro atoms. The number of carbonyl (C=O) groups is 1. The van der Waals surface area contributed by atoms with Gasteiger partial charge in [-0.3, -0.25) is 10.1 Å². The molecular formula is C12H13NO6. The Bertz CT molecular complexity index is 527. The SMILES string of the molecule is CC1(C)O[C@@H](C(=O)O)[C@H](c2ccccc2[N+](=O)[O-])O1. The molecule has 0 radical (unpaired) electrons. The van der Waals surface area contributed by atoms with E-state index in [4.69, 9.17) is 14.6 Å². The number of nitrogens with zero attached hydrogens (tertiary/aromatic N) is 1. The molecule has 0 saturated carbocycles. The summed E-state index contributed by atoms with van der Waals surface area (Å²) in [7, 11) is 0. The van der Waals surface area contributed by atoms with Gasteiger partial charge in [0.15, 0.2) is 11.9 Å². The van der Waals surface area contributed by atoms with Crippen molar-refractivity contribution in [3.8, 4) is 0 Å². The zero-order valence-electron chi connectivity index (χ0n) is 10.4. The first-order valence-corrected chi connectivity index (χ1v) is 5.63. The van der Waals surface area contributed by atoms with Crippen LogP contribution in [0.2, 0.25) is 0 Å². The molecule has 1 aromatic carbocycles. The van der Waals surface area contributed by atoms with E-state index in [9.17, 15) is 14.9 Å². The molecule has 2 rings (SSSR count). The number of ether oxygens (including phenoxy) is 2. The van der Waals surface area contributed by atoms with Crippen LogP contribution in [0.5, 0.6) is 0 Å². The number of carboxylic acid groups (broad SMARTS) is 1. The number of nitro benzene ring substituents is 1. The third kappa shape index (κ3) is 2.56. The number of para-hydroxylation sites is 1. The van der Waals surface area contributed by atoms with E-state index in [1.165, 1.54) is 18.2 Å². The smallest absolute Gasteiger partial charge is 0.336 e. The van der Waals surface area contributed by atoms with Crippen molar-refractivity contribution in [3.63, 3.8) is 0 Å². The summed E-state index contributed by atoms with van der Waals surface area (Å²) in [4.78, 5) is 21.6. The Balaban J connectivity index is 2.45. The maximum Gasteiger partial charge on any atom is 0.336 e. The fraction of sp³-hybridized carbons (Fsp3) is 0.417. The maximum atomic E-state index is 11.2. The summed E-state index contributed by atoms with van der Waals surface area (Å²) in [5.74, 6) is -2.31. The number of carboxylic acids is 1. The summed E-state index contributed by atoms with van der Waals surface area (Å²) in [6, 6.07) is 5.89. The average molecular weight is 267 g/mol. The van der Waals surface area contributed by atoms with Crippen molar-refractivity contribution in [3.05, 3.63) is 39.9 Å². The lowest BCUT2D eigenvalue weighted by atomic mass is 10.0. The Morgan fingerprint density at radius 2 is 2.00 bits per heavy atom. The summed E-state index contributed by atoms with van der Waals surface area (Å²) < 4.78 is 10.8. The second-order valence-corrected chi connectivity index (χ2v) is 4.63. The first-order valence-electron chi connectivity index (χ1n) is 5.63. The van der Waals surface area contributed by atoms with Crippen LogP contribution in [0.25, 0.3) is 0 Å². The van der Waals surface area contributed by atoms with Crippen molar-refractivity contribution in [1.29, 1.82) is 0 Å². The minimum Gasteiger partial charge on any atom is -0.479 e. The molecule has 1 fully saturated rings. The van der Waals surface area contributed by atoms with Crippen LogP contribution in [-0.4, -0.2) is 27.9 Å². The lowest BCUT2D eigenvalue weighted by Crippen LogP contribution is -2.27. The quantitative estimate of drug-likeness (QED) is 0.663. The van der Waals surface area contributed by atoms with Crippen LogP contribution in [0.1, 0.15) is 25.5 Å². The monoisotopic (exact) mass is 267 g/mol. The van der Waals surface area contributed by atoms with Gasteiger partial charge in [-0.1, -0.05) is 12.1 Å². The summed E-state index contributed by atoms with van der Waals surface area (Å²) in [6.45, 7) is 3.13. The van der Waals surface area contributed by atoms with Crippen molar-refractivity contribution in [2.24, 2.45) is 0 Å². The van der Waals surface area contributed by atoms with E-state index in [1.54, 1.807) is 19.9 Å². The normalized spacial score (nSPS) is 25.2. The zero-order chi connectivity index (χ0) is 14.2. The third-order valence-corrected chi connectivity index (χ3v) is 2.78. The van der Waals surface area contributed by atoms with Crippen LogP contribution >= 0.6 is 0 Å². The number of hydrogen-bond acceptors (Lipinski definition) is 5. The zero-order valence-corrected chi connectivity index (χ0v) is 10.4. The van der Waals surface area contributed by atoms with E-state index in [2.05, 4.69) is 0 Å². The largest absolute Gasteiger partial charge is 0.479 e. The van der Waals surface area contributed by atoms with Crippen molar-refractivity contribution in [2.45, 2.75) is 31.8 Å². The molecule has 1 heterocycles. The van der Waals surface area contributed by atoms with Gasteiger partial charge in [-0.05, 0) is 19.9 Å². The van der Waals surface area contributed by atoms with Crippen molar-refractivity contribution >= 4 is 11.7 Å². The highest BCUT2D eigenvalue weighted by molar-refractivity contribution is 5.74. The molecule has 0 unspecified atom stereocenters. The van der Waals surface area contributed by atoms with E-state index in [0.29, 0.717) is 0 Å². The van der Waals surface area contributed by atoms with Gasteiger partial charge in [0.2, 0.25) is 0 Å². The molecule has 0 amide bonds. The van der Waals surface area contributed by atoms with E-state index in [0.717, 1.165) is 0 Å². The highest BCUT2D eigenvalue weighted by Crippen LogP contribution is 2.41. The van der Waals surface area contributed by atoms with Crippen LogP contribution in [0.3, 0.4) is 0 Å². The summed E-state index contributed by atoms with van der Waals surface area (Å²) >= 11 is 0. The van der Waals surface area contributed by atoms with Gasteiger partial charge in [0.25, 0.3) is 5.69 Å². The van der Waals surface area contributed by atoms with Gasteiger partial charge >= 0.3 is 5.97 Å². The molecule has 0 bridgehead atoms. The Kier molecular flexibility index (Phi) is 3.25. The Labute approximate surface area is 108 Å². The predicted octanol–water partition coefficient (Wildman–Crippen LogP) is 1.87. The first-order chi connectivity index (χ1) is 8.82. The molecule has 1 N–H and O–H groups in total. The maximum absolute atomic E-state index is 11.2. The molecular weight excluding hydrogens is 254 g/mol. The van der Waals surface area contributed by atoms with E-state index >= 15 is 0 Å². The van der Waals surface area contributed by atoms with Crippen LogP contribution < -0.4 is 0 Å². The highest BCUT2D eigenvalue weighted by Gasteiger charge is 2.48. The molecule has 1 aromatic rings. The van der Waals surface area contributed by atoms with Crippen LogP contribution in [-0.2, 0) is 14.3 Å². The van der Waals surface area contributed by atoms with Gasteiger partial charge in [-0.15, -0.1) is 0 Å². The van der Waals surface area contributed by atoms with Gasteiger partial charge in [-0.25, -0.2) is 4.79 Å². The topological polar surface area (TPSA) is 98.9 Å². The fourth-order valence-electron chi connectivity index (χ4n) is 2.06. The van der Waals surface area contributed by atoms with Gasteiger partial charge in [0, 0.05) is 6.07 Å². The van der Waals surface area contributed by atoms with Crippen molar-refractivity contribution in [1.82, 2.24) is 0 Å². The fourth-order valence-corrected chi connectivity index (χ4v) is 2.06. The second-order valence-electron chi connectivity index (χ2n) is 4.63. The molecule has 0 aliphatic carbocycles. The molecule has 1 saturated heterocycles. The molecule has 19 heavy (non-hydrogen) atoms. The predicted molar refractivity (Wildman–Crippen MR) is 63.5 cm³/mol. The van der Waals surface area contributed by atoms with E-state index in [1.807, 2.05) is 0 Å². The lowest BCUT2D eigenvalue weighted by Gasteiger charge is -2.16. The number of nitro groups is 1. The Morgan fingerprint density at radius 1 is 1.37 bits per heavy atom. The van der Waals surface area contributed by atoms with E-state index < -0.39 is 28.9 Å². The summed E-state index contributed by atoms with van der Waals surface area (Å²) in [5, 5.41) is 20.1. The minimum absolute atomic E-state index is 0.181. The number of benzene rings is 1. The minimum atomic E-state index is -1.27. The number of hydrogen-bond donors (Lipinski definition) is 1. The van der Waals surface area contributed by atoms with Gasteiger partial charge in [0.1, 0.15) is 6.10 Å². The van der Waals surface area contributed by atoms with Crippen LogP contribution in [0.15, 0.2) is 24.3 Å². The Hall–Kier alpha value is -1.99. The van der Waals surface area contributed by atoms with Crippen LogP contribution in [0.4, 0.5) is 5.69 Å². The highest BCUT2D eigenvalue weighted by atomic mass is 16.8. The summed E-state index contributed by atoms with van der Waals surface area (Å²) in [6.07, 6.45) is -2.27. The van der Waals surface area contributed by atoms with Crippen molar-refractivity contribution in [2.75, 3.05) is 0 Å². The third-order valence-electron chi connectivity index (χ3n) is 2.78. The molecule has 7 nitrogen and oxygen atoms in total. The van der Waals surface area contributed by atoms with Gasteiger partial charge in [-0.2, -0.15) is 0 Å². The standard InChI is InChI=1S/C12H13NO6/c1-12(2)18-9(10(19-12)11(14)15)7-5-3-4-6-8(7)13(16)17/h3-6,9-10H,1-2H3,(H,14,15)/t9-,10+/m0/s1. The molecule has 0 aromatic heterocycles. The molecule has 2 atom stereocenters. The molecule has 1 aliphatic heterocycles. The molecule has 1 aliphatic rings. The lowest BCUT2D eigenvalue weighted by molar-refractivity contribution is -0.386. The summed E-state index contributed by atoms with van der Waals surface area (Å²) in [5.41, 5.74) is 0.0190. The van der Waals surface area contributed by atoms with Gasteiger partial charge < -0.3 is 14.6 Å². The number of rotatable bonds is 3. The molecule has 7 heteroatoms. The Morgan fingerprint density at radius 3 is 2.58 bits per heavy atom. The first kappa shape index (κ1) is 13.4. The van der Waals surface area contributed by atoms with E-state index in [-0.39, 0.29) is 11.3 Å². The van der Waals surface area contributed by atoms with Crippen LogP contribution in [0, 0.1) is 10.1 Å². The van der Waals surface area contributed by atoms with Gasteiger partial charge in [0.05, 0.1) is 10.5 Å².